The Morgan fingerprint density at radius 2 is 1.50 bits per heavy atom. The van der Waals surface area contributed by atoms with E-state index in [0.717, 1.165) is 37.0 Å². The molecule has 0 aliphatic heterocycles. The monoisotopic (exact) mass is 194 g/mol. The Bertz CT molecular complexity index is 239. The lowest BCUT2D eigenvalue weighted by Crippen LogP contribution is -2.52. The highest BCUT2D eigenvalue weighted by atomic mass is 16.6. The molecule has 14 heavy (non-hydrogen) atoms. The van der Waals surface area contributed by atoms with E-state index in [-0.39, 0.29) is 5.60 Å². The van der Waals surface area contributed by atoms with Crippen LogP contribution in [0.4, 0.5) is 4.79 Å². The topological polar surface area (TPSA) is 50.1 Å². The van der Waals surface area contributed by atoms with Gasteiger partial charge in [0.1, 0.15) is 5.60 Å². The van der Waals surface area contributed by atoms with Gasteiger partial charge in [-0.3, -0.25) is 0 Å². The largest absolute Gasteiger partial charge is 0.442 e. The Balaban J connectivity index is 1.83. The van der Waals surface area contributed by atoms with Crippen molar-refractivity contribution in [2.24, 2.45) is 17.8 Å². The van der Waals surface area contributed by atoms with Crippen LogP contribution in [-0.2, 0) is 4.74 Å². The minimum Gasteiger partial charge on any atom is -0.442 e. The van der Waals surface area contributed by atoms with E-state index in [4.69, 9.17) is 10.5 Å². The average molecular weight is 194 g/mol. The number of ether oxygens (including phenoxy) is 1. The van der Waals surface area contributed by atoms with E-state index in [2.05, 4.69) is 0 Å². The highest BCUT2D eigenvalue weighted by molar-refractivity contribution is 5.64. The normalized spacial score (nSPS) is 49.3. The Morgan fingerprint density at radius 3 is 1.86 bits per heavy atom. The molecule has 1 N–H and O–H groups in total. The summed E-state index contributed by atoms with van der Waals surface area (Å²) < 4.78 is 5.28. The van der Waals surface area contributed by atoms with E-state index in [9.17, 15) is 4.79 Å². The summed E-state index contributed by atoms with van der Waals surface area (Å²) >= 11 is 0. The number of carbonyl (C=O) groups excluding carboxylic acids is 1. The van der Waals surface area contributed by atoms with Gasteiger partial charge in [0.15, 0.2) is 0 Å². The minimum atomic E-state index is -0.827. The van der Waals surface area contributed by atoms with Crippen molar-refractivity contribution in [1.29, 1.82) is 0 Å². The maximum absolute atomic E-state index is 10.8. The Kier molecular flexibility index (Phi) is 1.62. The molecule has 0 saturated heterocycles. The molecule has 1 amide bonds. The molecule has 1 radical (unpaired) electrons. The maximum Gasteiger partial charge on any atom is 0.426 e. The van der Waals surface area contributed by atoms with Crippen LogP contribution in [0.5, 0.6) is 0 Å². The lowest BCUT2D eigenvalue weighted by atomic mass is 9.54. The fourth-order valence-corrected chi connectivity index (χ4v) is 4.35. The van der Waals surface area contributed by atoms with Gasteiger partial charge in [-0.1, -0.05) is 0 Å². The van der Waals surface area contributed by atoms with E-state index < -0.39 is 6.09 Å². The van der Waals surface area contributed by atoms with Gasteiger partial charge in [-0.2, -0.15) is 0 Å². The van der Waals surface area contributed by atoms with Crippen LogP contribution in [0.25, 0.3) is 0 Å². The molecule has 3 heteroatoms. The highest BCUT2D eigenvalue weighted by Gasteiger charge is 2.53. The fraction of sp³-hybridized carbons (Fsp3) is 0.909. The smallest absolute Gasteiger partial charge is 0.426 e. The second-order valence-electron chi connectivity index (χ2n) is 5.49. The SMILES string of the molecule is [NH]C(=O)OC12CC3CC(CC(C3)C1)C2. The lowest BCUT2D eigenvalue weighted by molar-refractivity contribution is -0.125. The van der Waals surface area contributed by atoms with Crippen LogP contribution in [0, 0.1) is 17.8 Å². The van der Waals surface area contributed by atoms with Crippen LogP contribution >= 0.6 is 0 Å². The third-order valence-electron chi connectivity index (χ3n) is 4.29. The fourth-order valence-electron chi connectivity index (χ4n) is 4.35. The molecule has 0 aromatic carbocycles. The molecule has 0 spiro atoms. The van der Waals surface area contributed by atoms with Gasteiger partial charge < -0.3 is 4.74 Å². The van der Waals surface area contributed by atoms with Crippen molar-refractivity contribution in [3.63, 3.8) is 0 Å². The third-order valence-corrected chi connectivity index (χ3v) is 4.29. The Hall–Kier alpha value is -0.730. The zero-order valence-electron chi connectivity index (χ0n) is 8.29. The number of nitrogens with one attached hydrogen (secondary N) is 1. The van der Waals surface area contributed by atoms with E-state index in [0.29, 0.717) is 0 Å². The zero-order valence-corrected chi connectivity index (χ0v) is 8.29. The van der Waals surface area contributed by atoms with Gasteiger partial charge >= 0.3 is 6.09 Å². The molecule has 0 atom stereocenters. The molecular formula is C11H16NO2. The van der Waals surface area contributed by atoms with E-state index in [1.54, 1.807) is 0 Å². The molecule has 0 heterocycles. The molecule has 4 saturated carbocycles. The van der Waals surface area contributed by atoms with Crippen molar-refractivity contribution in [1.82, 2.24) is 5.73 Å². The van der Waals surface area contributed by atoms with Crippen LogP contribution in [-0.4, -0.2) is 11.7 Å². The van der Waals surface area contributed by atoms with E-state index >= 15 is 0 Å². The van der Waals surface area contributed by atoms with Gasteiger partial charge in [0.25, 0.3) is 0 Å². The molecule has 77 valence electrons. The quantitative estimate of drug-likeness (QED) is 0.643. The van der Waals surface area contributed by atoms with Crippen molar-refractivity contribution >= 4 is 6.09 Å². The summed E-state index contributed by atoms with van der Waals surface area (Å²) in [6, 6.07) is 0. The molecule has 4 aliphatic rings. The van der Waals surface area contributed by atoms with E-state index in [1.165, 1.54) is 19.3 Å². The molecule has 4 bridgehead atoms. The van der Waals surface area contributed by atoms with Gasteiger partial charge in [0.2, 0.25) is 0 Å². The standard InChI is InChI=1S/C11H16NO2/c12-10(13)14-11-4-7-1-8(5-11)3-9(2-7)6-11/h7-9,12H,1-6H2. The average Bonchev–Trinajstić information content (AvgIpc) is 1.96. The summed E-state index contributed by atoms with van der Waals surface area (Å²) in [5, 5.41) is 0. The van der Waals surface area contributed by atoms with Gasteiger partial charge in [-0.25, -0.2) is 10.5 Å². The summed E-state index contributed by atoms with van der Waals surface area (Å²) in [7, 11) is 0. The van der Waals surface area contributed by atoms with Crippen LogP contribution in [0.2, 0.25) is 0 Å². The van der Waals surface area contributed by atoms with Crippen molar-refractivity contribution in [3.8, 4) is 0 Å². The first-order valence-corrected chi connectivity index (χ1v) is 5.60. The van der Waals surface area contributed by atoms with Crippen molar-refractivity contribution in [2.45, 2.75) is 44.1 Å². The van der Waals surface area contributed by atoms with Crippen LogP contribution < -0.4 is 5.73 Å². The maximum atomic E-state index is 10.8. The summed E-state index contributed by atoms with van der Waals surface area (Å²) in [6.45, 7) is 0. The predicted molar refractivity (Wildman–Crippen MR) is 50.5 cm³/mol. The molecule has 4 aliphatic carbocycles. The molecule has 0 aromatic heterocycles. The summed E-state index contributed by atoms with van der Waals surface area (Å²) in [6.07, 6.45) is 6.29. The van der Waals surface area contributed by atoms with Crippen LogP contribution in [0.15, 0.2) is 0 Å². The molecule has 4 fully saturated rings. The summed E-state index contributed by atoms with van der Waals surface area (Å²) in [4.78, 5) is 10.8. The first-order valence-electron chi connectivity index (χ1n) is 5.60. The summed E-state index contributed by atoms with van der Waals surface area (Å²) in [5.41, 5.74) is 6.74. The molecule has 4 rings (SSSR count). The molecule has 3 nitrogen and oxygen atoms in total. The number of amides is 1. The van der Waals surface area contributed by atoms with Crippen LogP contribution in [0.3, 0.4) is 0 Å². The van der Waals surface area contributed by atoms with Gasteiger partial charge in [0, 0.05) is 0 Å². The molecule has 0 unspecified atom stereocenters. The van der Waals surface area contributed by atoms with Crippen LogP contribution in [0.1, 0.15) is 38.5 Å². The Morgan fingerprint density at radius 1 is 1.07 bits per heavy atom. The lowest BCUT2D eigenvalue weighted by Gasteiger charge is -2.55. The zero-order chi connectivity index (χ0) is 9.76. The predicted octanol–water partition coefficient (Wildman–Crippen LogP) is 2.37. The van der Waals surface area contributed by atoms with E-state index in [1.807, 2.05) is 0 Å². The Labute approximate surface area is 84.0 Å². The van der Waals surface area contributed by atoms with Crippen molar-refractivity contribution < 1.29 is 9.53 Å². The second kappa shape index (κ2) is 2.65. The minimum absolute atomic E-state index is 0.215. The first kappa shape index (κ1) is 8.57. The molecule has 0 aromatic rings. The number of rotatable bonds is 1. The number of carbonyl (C=O) groups is 1. The number of hydrogen-bond donors (Lipinski definition) is 0. The van der Waals surface area contributed by atoms with Crippen molar-refractivity contribution in [2.75, 3.05) is 0 Å². The van der Waals surface area contributed by atoms with Crippen molar-refractivity contribution in [3.05, 3.63) is 0 Å². The summed E-state index contributed by atoms with van der Waals surface area (Å²) in [5.74, 6) is 2.33. The highest BCUT2D eigenvalue weighted by Crippen LogP contribution is 2.57. The van der Waals surface area contributed by atoms with Gasteiger partial charge in [0.05, 0.1) is 0 Å². The van der Waals surface area contributed by atoms with Gasteiger partial charge in [-0.15, -0.1) is 0 Å². The first-order chi connectivity index (χ1) is 6.65. The molecular weight excluding hydrogens is 178 g/mol. The second-order valence-corrected chi connectivity index (χ2v) is 5.49. The number of hydrogen-bond acceptors (Lipinski definition) is 2. The van der Waals surface area contributed by atoms with Gasteiger partial charge in [-0.05, 0) is 56.3 Å². The third kappa shape index (κ3) is 1.22.